The van der Waals surface area contributed by atoms with Crippen molar-refractivity contribution in [3.05, 3.63) is 69.2 Å². The number of aliphatic hydroxyl groups excluding tert-OH is 4. The first kappa shape index (κ1) is 21.6. The lowest BCUT2D eigenvalue weighted by molar-refractivity contribution is -0.231. The van der Waals surface area contributed by atoms with Crippen molar-refractivity contribution >= 4 is 11.6 Å². The number of halogens is 3. The topological polar surface area (TPSA) is 90.2 Å². The molecule has 4 N–H and O–H groups in total. The van der Waals surface area contributed by atoms with Crippen LogP contribution in [0.15, 0.2) is 30.3 Å². The third kappa shape index (κ3) is 3.98. The standard InChI is InChI=1S/C22H23ClF2O5/c23-15-6-4-12(22-21(29)20(28)19(27)16(9-26)30-22)8-13(15)7-11-3-5-14(10-1-2-10)18(25)17(11)24/h3-6,8,10,16,19-22,26-29H,1-2,7,9H2/t16-,19-,20+,21-,22+/m1/s1. The first-order chi connectivity index (χ1) is 14.3. The zero-order chi connectivity index (χ0) is 21.6. The third-order valence-electron chi connectivity index (χ3n) is 5.88. The molecule has 0 aromatic heterocycles. The smallest absolute Gasteiger partial charge is 0.162 e. The fourth-order valence-electron chi connectivity index (χ4n) is 3.94. The molecule has 1 heterocycles. The minimum Gasteiger partial charge on any atom is -0.394 e. The van der Waals surface area contributed by atoms with E-state index in [1.807, 2.05) is 0 Å². The maximum atomic E-state index is 14.6. The SMILES string of the molecule is OC[C@H]1O[C@@H](c2ccc(Cl)c(Cc3ccc(C4CC4)c(F)c3F)c2)[C@H](O)[C@@H](O)[C@@H]1O. The van der Waals surface area contributed by atoms with E-state index in [0.717, 1.165) is 12.8 Å². The Morgan fingerprint density at radius 3 is 2.33 bits per heavy atom. The Hall–Kier alpha value is -1.61. The van der Waals surface area contributed by atoms with Gasteiger partial charge in [-0.2, -0.15) is 0 Å². The highest BCUT2D eigenvalue weighted by Gasteiger charge is 2.44. The Labute approximate surface area is 177 Å². The highest BCUT2D eigenvalue weighted by molar-refractivity contribution is 6.31. The summed E-state index contributed by atoms with van der Waals surface area (Å²) in [6.07, 6.45) is -4.74. The van der Waals surface area contributed by atoms with E-state index >= 15 is 0 Å². The number of aliphatic hydroxyl groups is 4. The van der Waals surface area contributed by atoms with E-state index < -0.39 is 48.8 Å². The molecule has 30 heavy (non-hydrogen) atoms. The summed E-state index contributed by atoms with van der Waals surface area (Å²) < 4.78 is 34.6. The van der Waals surface area contributed by atoms with E-state index in [1.54, 1.807) is 30.3 Å². The van der Waals surface area contributed by atoms with E-state index in [4.69, 9.17) is 16.3 Å². The summed E-state index contributed by atoms with van der Waals surface area (Å²) in [6.45, 7) is -0.542. The number of ether oxygens (including phenoxy) is 1. The second-order valence-electron chi connectivity index (χ2n) is 7.99. The van der Waals surface area contributed by atoms with E-state index in [9.17, 15) is 29.2 Å². The first-order valence-corrected chi connectivity index (χ1v) is 10.2. The van der Waals surface area contributed by atoms with Gasteiger partial charge in [-0.15, -0.1) is 0 Å². The van der Waals surface area contributed by atoms with Crippen LogP contribution in [0.25, 0.3) is 0 Å². The van der Waals surface area contributed by atoms with Gasteiger partial charge in [0.25, 0.3) is 0 Å². The van der Waals surface area contributed by atoms with Crippen molar-refractivity contribution in [1.29, 1.82) is 0 Å². The molecule has 8 heteroatoms. The lowest BCUT2D eigenvalue weighted by atomic mass is 9.90. The predicted octanol–water partition coefficient (Wildman–Crippen LogP) is 2.60. The van der Waals surface area contributed by atoms with Crippen LogP contribution in [0.5, 0.6) is 0 Å². The quantitative estimate of drug-likeness (QED) is 0.574. The molecule has 2 fully saturated rings. The number of rotatable bonds is 5. The van der Waals surface area contributed by atoms with Gasteiger partial charge in [0, 0.05) is 11.4 Å². The molecule has 2 aromatic carbocycles. The third-order valence-corrected chi connectivity index (χ3v) is 6.25. The van der Waals surface area contributed by atoms with Gasteiger partial charge in [0.1, 0.15) is 30.5 Å². The summed E-state index contributed by atoms with van der Waals surface area (Å²) in [5.74, 6) is -1.63. The van der Waals surface area contributed by atoms with Crippen molar-refractivity contribution in [3.63, 3.8) is 0 Å². The van der Waals surface area contributed by atoms with Crippen LogP contribution in [0.2, 0.25) is 5.02 Å². The Bertz CT molecular complexity index is 934. The van der Waals surface area contributed by atoms with Crippen LogP contribution in [-0.4, -0.2) is 51.4 Å². The molecule has 1 saturated heterocycles. The van der Waals surface area contributed by atoms with Crippen molar-refractivity contribution < 1.29 is 33.9 Å². The monoisotopic (exact) mass is 440 g/mol. The van der Waals surface area contributed by atoms with Crippen LogP contribution in [-0.2, 0) is 11.2 Å². The summed E-state index contributed by atoms with van der Waals surface area (Å²) in [7, 11) is 0. The van der Waals surface area contributed by atoms with Crippen LogP contribution in [0, 0.1) is 11.6 Å². The van der Waals surface area contributed by atoms with Crippen molar-refractivity contribution in [2.75, 3.05) is 6.61 Å². The van der Waals surface area contributed by atoms with Gasteiger partial charge < -0.3 is 25.2 Å². The Morgan fingerprint density at radius 1 is 0.933 bits per heavy atom. The molecule has 0 bridgehead atoms. The first-order valence-electron chi connectivity index (χ1n) is 9.87. The van der Waals surface area contributed by atoms with Crippen LogP contribution in [0.3, 0.4) is 0 Å². The van der Waals surface area contributed by atoms with E-state index in [-0.39, 0.29) is 17.9 Å². The maximum absolute atomic E-state index is 14.6. The van der Waals surface area contributed by atoms with Crippen LogP contribution >= 0.6 is 11.6 Å². The van der Waals surface area contributed by atoms with E-state index in [1.165, 1.54) is 0 Å². The van der Waals surface area contributed by atoms with Crippen molar-refractivity contribution in [3.8, 4) is 0 Å². The molecule has 2 aromatic rings. The Kier molecular flexibility index (Phi) is 6.12. The fourth-order valence-corrected chi connectivity index (χ4v) is 4.12. The van der Waals surface area contributed by atoms with Gasteiger partial charge in [-0.1, -0.05) is 35.9 Å². The second-order valence-corrected chi connectivity index (χ2v) is 8.40. The molecule has 4 rings (SSSR count). The molecule has 162 valence electrons. The van der Waals surface area contributed by atoms with Crippen LogP contribution in [0.4, 0.5) is 8.78 Å². The minimum atomic E-state index is -1.51. The van der Waals surface area contributed by atoms with Gasteiger partial charge in [-0.3, -0.25) is 0 Å². The lowest BCUT2D eigenvalue weighted by Crippen LogP contribution is -2.55. The second kappa shape index (κ2) is 8.49. The molecule has 1 aliphatic carbocycles. The zero-order valence-electron chi connectivity index (χ0n) is 16.0. The molecule has 0 amide bonds. The molecule has 5 nitrogen and oxygen atoms in total. The molecule has 1 aliphatic heterocycles. The Morgan fingerprint density at radius 2 is 1.67 bits per heavy atom. The highest BCUT2D eigenvalue weighted by Crippen LogP contribution is 2.42. The van der Waals surface area contributed by atoms with Gasteiger partial charge in [0.05, 0.1) is 6.61 Å². The molecule has 2 aliphatic rings. The number of benzene rings is 2. The average Bonchev–Trinajstić information content (AvgIpc) is 3.57. The Balaban J connectivity index is 1.62. The van der Waals surface area contributed by atoms with Crippen molar-refractivity contribution in [1.82, 2.24) is 0 Å². The van der Waals surface area contributed by atoms with Crippen LogP contribution < -0.4 is 0 Å². The van der Waals surface area contributed by atoms with Gasteiger partial charge in [-0.25, -0.2) is 8.78 Å². The summed E-state index contributed by atoms with van der Waals surface area (Å²) in [6, 6.07) is 7.87. The molecular formula is C22H23ClF2O5. The molecule has 0 radical (unpaired) electrons. The van der Waals surface area contributed by atoms with Crippen molar-refractivity contribution in [2.45, 2.75) is 55.7 Å². The largest absolute Gasteiger partial charge is 0.394 e. The molecule has 0 spiro atoms. The minimum absolute atomic E-state index is 0.0256. The van der Waals surface area contributed by atoms with E-state index in [0.29, 0.717) is 21.7 Å². The molecule has 1 saturated carbocycles. The normalized spacial score (nSPS) is 29.2. The van der Waals surface area contributed by atoms with Gasteiger partial charge in [0.2, 0.25) is 0 Å². The summed E-state index contributed by atoms with van der Waals surface area (Å²) in [4.78, 5) is 0. The number of hydrogen-bond donors (Lipinski definition) is 4. The average molecular weight is 441 g/mol. The fraction of sp³-hybridized carbons (Fsp3) is 0.455. The van der Waals surface area contributed by atoms with Gasteiger partial charge in [0.15, 0.2) is 11.6 Å². The lowest BCUT2D eigenvalue weighted by Gasteiger charge is -2.40. The maximum Gasteiger partial charge on any atom is 0.162 e. The highest BCUT2D eigenvalue weighted by atomic mass is 35.5. The summed E-state index contributed by atoms with van der Waals surface area (Å²) in [5, 5.41) is 40.0. The zero-order valence-corrected chi connectivity index (χ0v) is 16.8. The molecule has 5 atom stereocenters. The van der Waals surface area contributed by atoms with E-state index in [2.05, 4.69) is 0 Å². The van der Waals surface area contributed by atoms with Gasteiger partial charge in [-0.05, 0) is 47.1 Å². The predicted molar refractivity (Wildman–Crippen MR) is 105 cm³/mol. The summed E-state index contributed by atoms with van der Waals surface area (Å²) in [5.41, 5.74) is 1.48. The molecule has 0 unspecified atom stereocenters. The van der Waals surface area contributed by atoms with Gasteiger partial charge >= 0.3 is 0 Å². The van der Waals surface area contributed by atoms with Crippen LogP contribution in [0.1, 0.15) is 47.1 Å². The van der Waals surface area contributed by atoms with Crippen molar-refractivity contribution in [2.24, 2.45) is 0 Å². The number of hydrogen-bond acceptors (Lipinski definition) is 5. The summed E-state index contributed by atoms with van der Waals surface area (Å²) >= 11 is 6.26. The molecular weight excluding hydrogens is 418 g/mol.